The van der Waals surface area contributed by atoms with Gasteiger partial charge in [0.1, 0.15) is 6.04 Å². The third kappa shape index (κ3) is 4.97. The number of aliphatic hydroxyl groups excluding tert-OH is 1. The van der Waals surface area contributed by atoms with E-state index in [2.05, 4.69) is 20.1 Å². The van der Waals surface area contributed by atoms with Crippen LogP contribution in [0.5, 0.6) is 0 Å². The highest BCUT2D eigenvalue weighted by molar-refractivity contribution is 8.02. The summed E-state index contributed by atoms with van der Waals surface area (Å²) in [6, 6.07) is 15.2. The van der Waals surface area contributed by atoms with Crippen molar-refractivity contribution in [3.8, 4) is 0 Å². The number of likely N-dealkylation sites (N-methyl/N-ethyl adjacent to an activating group) is 1. The SMILES string of the molecule is C=CCN(C)C(=O)[C@H]1[C@H]2C(=O)N([C@@H](CO)Cc3ccccc3)C(C(=O)N(CC=C)c3ccc(Cl)cc3)C23CC[C@]1(C)S3. The smallest absolute Gasteiger partial charge is 0.251 e. The summed E-state index contributed by atoms with van der Waals surface area (Å²) in [6.07, 6.45) is 5.05. The Morgan fingerprint density at radius 2 is 1.76 bits per heavy atom. The number of halogens is 1. The van der Waals surface area contributed by atoms with Crippen molar-refractivity contribution in [2.75, 3.05) is 31.6 Å². The highest BCUT2D eigenvalue weighted by Gasteiger charge is 2.78. The standard InChI is InChI=1S/C33H38ClN3O4S/c1-5-18-35(4)29(39)26-27-30(40)37(25(21-38)20-22-10-8-7-9-11-22)28(33(27)17-16-32(26,3)42-33)31(41)36(19-6-2)24-14-12-23(34)13-15-24/h5-15,25-28,38H,1-2,16-21H2,3-4H3/t25-,26-,27+,28?,32+,33?/m1/s1. The topological polar surface area (TPSA) is 81.2 Å². The van der Waals surface area contributed by atoms with Crippen LogP contribution in [0, 0.1) is 11.8 Å². The van der Waals surface area contributed by atoms with Gasteiger partial charge in [0.25, 0.3) is 5.91 Å². The van der Waals surface area contributed by atoms with Crippen LogP contribution in [-0.4, -0.2) is 80.9 Å². The Labute approximate surface area is 257 Å². The first-order valence-corrected chi connectivity index (χ1v) is 15.5. The van der Waals surface area contributed by atoms with Crippen molar-refractivity contribution in [2.45, 2.75) is 47.8 Å². The Balaban J connectivity index is 1.63. The van der Waals surface area contributed by atoms with Crippen molar-refractivity contribution in [1.29, 1.82) is 0 Å². The summed E-state index contributed by atoms with van der Waals surface area (Å²) in [7, 11) is 1.73. The first-order valence-electron chi connectivity index (χ1n) is 14.3. The van der Waals surface area contributed by atoms with Crippen LogP contribution in [0.1, 0.15) is 25.3 Å². The summed E-state index contributed by atoms with van der Waals surface area (Å²) >= 11 is 7.79. The number of benzene rings is 2. The van der Waals surface area contributed by atoms with E-state index >= 15 is 0 Å². The average molecular weight is 608 g/mol. The monoisotopic (exact) mass is 607 g/mol. The summed E-state index contributed by atoms with van der Waals surface area (Å²) in [4.78, 5) is 48.3. The molecule has 6 atom stereocenters. The van der Waals surface area contributed by atoms with Gasteiger partial charge in [-0.25, -0.2) is 0 Å². The van der Waals surface area contributed by atoms with Crippen LogP contribution >= 0.6 is 23.4 Å². The van der Waals surface area contributed by atoms with Crippen LogP contribution in [-0.2, 0) is 20.8 Å². The Kier molecular flexibility index (Phi) is 8.61. The first kappa shape index (κ1) is 30.4. The molecule has 1 N–H and O–H groups in total. The lowest BCUT2D eigenvalue weighted by Gasteiger charge is -2.39. The number of hydrogen-bond acceptors (Lipinski definition) is 5. The fourth-order valence-electron chi connectivity index (χ4n) is 7.29. The number of carbonyl (C=O) groups is 3. The van der Waals surface area contributed by atoms with E-state index in [0.717, 1.165) is 5.56 Å². The predicted octanol–water partition coefficient (Wildman–Crippen LogP) is 4.59. The molecule has 2 aromatic rings. The third-order valence-corrected chi connectivity index (χ3v) is 11.4. The lowest BCUT2D eigenvalue weighted by molar-refractivity contribution is -0.145. The molecule has 222 valence electrons. The maximum Gasteiger partial charge on any atom is 0.251 e. The number of carbonyl (C=O) groups excluding carboxylic acids is 3. The molecule has 0 aliphatic carbocycles. The Bertz CT molecular complexity index is 1370. The van der Waals surface area contributed by atoms with Crippen LogP contribution in [0.25, 0.3) is 0 Å². The van der Waals surface area contributed by atoms with Gasteiger partial charge in [-0.1, -0.05) is 54.1 Å². The lowest BCUT2D eigenvalue weighted by Crippen LogP contribution is -2.58. The Morgan fingerprint density at radius 3 is 2.38 bits per heavy atom. The predicted molar refractivity (Wildman–Crippen MR) is 168 cm³/mol. The fourth-order valence-corrected chi connectivity index (χ4v) is 9.75. The number of nitrogens with zero attached hydrogens (tertiary/aromatic N) is 3. The number of fused-ring (bicyclic) bond motifs is 1. The van der Waals surface area contributed by atoms with E-state index in [0.29, 0.717) is 36.5 Å². The van der Waals surface area contributed by atoms with Gasteiger partial charge in [0, 0.05) is 35.6 Å². The van der Waals surface area contributed by atoms with Gasteiger partial charge in [-0.2, -0.15) is 0 Å². The molecule has 9 heteroatoms. The number of likely N-dealkylation sites (tertiary alicyclic amines) is 1. The molecule has 2 aromatic carbocycles. The molecule has 3 amide bonds. The maximum absolute atomic E-state index is 14.8. The minimum atomic E-state index is -0.874. The van der Waals surface area contributed by atoms with Crippen LogP contribution in [0.3, 0.4) is 0 Å². The second-order valence-electron chi connectivity index (χ2n) is 11.7. The van der Waals surface area contributed by atoms with Gasteiger partial charge in [-0.3, -0.25) is 14.4 Å². The molecule has 5 rings (SSSR count). The van der Waals surface area contributed by atoms with Crippen molar-refractivity contribution in [3.05, 3.63) is 90.5 Å². The van der Waals surface area contributed by atoms with Crippen LogP contribution in [0.15, 0.2) is 79.9 Å². The molecule has 1 spiro atoms. The molecular weight excluding hydrogens is 570 g/mol. The fraction of sp³-hybridized carbons (Fsp3) is 0.424. The Hall–Kier alpha value is -3.07. The molecule has 3 aliphatic rings. The van der Waals surface area contributed by atoms with Gasteiger partial charge in [-0.15, -0.1) is 24.9 Å². The van der Waals surface area contributed by atoms with E-state index < -0.39 is 33.4 Å². The van der Waals surface area contributed by atoms with Gasteiger partial charge in [0.15, 0.2) is 0 Å². The number of rotatable bonds is 11. The quantitative estimate of drug-likeness (QED) is 0.378. The summed E-state index contributed by atoms with van der Waals surface area (Å²) in [6.45, 7) is 10.0. The van der Waals surface area contributed by atoms with Gasteiger partial charge >= 0.3 is 0 Å². The van der Waals surface area contributed by atoms with Crippen molar-refractivity contribution >= 4 is 46.8 Å². The first-order chi connectivity index (χ1) is 20.1. The zero-order valence-electron chi connectivity index (χ0n) is 24.1. The van der Waals surface area contributed by atoms with Crippen molar-refractivity contribution < 1.29 is 19.5 Å². The van der Waals surface area contributed by atoms with Gasteiger partial charge in [0.05, 0.1) is 29.2 Å². The largest absolute Gasteiger partial charge is 0.394 e. The Morgan fingerprint density at radius 1 is 1.10 bits per heavy atom. The number of thioether (sulfide) groups is 1. The second kappa shape index (κ2) is 11.9. The molecule has 3 aliphatic heterocycles. The lowest BCUT2D eigenvalue weighted by atomic mass is 9.66. The molecule has 0 radical (unpaired) electrons. The molecule has 0 saturated carbocycles. The van der Waals surface area contributed by atoms with E-state index in [4.69, 9.17) is 11.6 Å². The van der Waals surface area contributed by atoms with E-state index in [1.165, 1.54) is 0 Å². The molecule has 2 unspecified atom stereocenters. The molecule has 2 bridgehead atoms. The molecule has 3 heterocycles. The van der Waals surface area contributed by atoms with Gasteiger partial charge in [0.2, 0.25) is 11.8 Å². The average Bonchev–Trinajstić information content (AvgIpc) is 3.55. The molecule has 7 nitrogen and oxygen atoms in total. The van der Waals surface area contributed by atoms with E-state index in [1.807, 2.05) is 30.3 Å². The van der Waals surface area contributed by atoms with Crippen LogP contribution in [0.4, 0.5) is 5.69 Å². The summed E-state index contributed by atoms with van der Waals surface area (Å²) < 4.78 is -1.30. The van der Waals surface area contributed by atoms with E-state index in [-0.39, 0.29) is 30.9 Å². The molecule has 3 saturated heterocycles. The number of amides is 3. The zero-order valence-corrected chi connectivity index (χ0v) is 25.7. The van der Waals surface area contributed by atoms with Crippen molar-refractivity contribution in [1.82, 2.24) is 9.80 Å². The van der Waals surface area contributed by atoms with Crippen molar-refractivity contribution in [2.24, 2.45) is 11.8 Å². The molecular formula is C33H38ClN3O4S. The number of anilines is 1. The molecule has 3 fully saturated rings. The third-order valence-electron chi connectivity index (χ3n) is 9.13. The minimum absolute atomic E-state index is 0.109. The molecule has 0 aromatic heterocycles. The number of hydrogen-bond donors (Lipinski definition) is 1. The van der Waals surface area contributed by atoms with Crippen molar-refractivity contribution in [3.63, 3.8) is 0 Å². The summed E-state index contributed by atoms with van der Waals surface area (Å²) in [5, 5.41) is 11.3. The summed E-state index contributed by atoms with van der Waals surface area (Å²) in [5.41, 5.74) is 1.59. The second-order valence-corrected chi connectivity index (χ2v) is 14.1. The zero-order chi connectivity index (χ0) is 30.2. The van der Waals surface area contributed by atoms with E-state index in [1.54, 1.807) is 69.9 Å². The maximum atomic E-state index is 14.8. The minimum Gasteiger partial charge on any atom is -0.394 e. The van der Waals surface area contributed by atoms with Crippen LogP contribution < -0.4 is 4.90 Å². The highest BCUT2D eigenvalue weighted by Crippen LogP contribution is 2.72. The summed E-state index contributed by atoms with van der Waals surface area (Å²) in [5.74, 6) is -1.87. The van der Waals surface area contributed by atoms with Gasteiger partial charge in [-0.05, 0) is 56.0 Å². The number of aliphatic hydroxyl groups is 1. The normalized spacial score (nSPS) is 28.3. The van der Waals surface area contributed by atoms with Gasteiger partial charge < -0.3 is 19.8 Å². The highest BCUT2D eigenvalue weighted by atomic mass is 35.5. The molecule has 42 heavy (non-hydrogen) atoms. The van der Waals surface area contributed by atoms with Crippen LogP contribution in [0.2, 0.25) is 5.02 Å². The van der Waals surface area contributed by atoms with E-state index in [9.17, 15) is 19.5 Å².